The van der Waals surface area contributed by atoms with Gasteiger partial charge < -0.3 is 15.2 Å². The molecule has 5 nitrogen and oxygen atoms in total. The number of nitrogens with one attached hydrogen (secondary N) is 1. The fraction of sp³-hybridized carbons (Fsp3) is 0.300. The van der Waals surface area contributed by atoms with Crippen LogP contribution in [0.15, 0.2) is 48.9 Å². The zero-order chi connectivity index (χ0) is 17.9. The fourth-order valence-corrected chi connectivity index (χ4v) is 2.63. The van der Waals surface area contributed by atoms with Gasteiger partial charge >= 0.3 is 0 Å². The first-order valence-electron chi connectivity index (χ1n) is 8.26. The molecule has 130 valence electrons. The van der Waals surface area contributed by atoms with E-state index in [-0.39, 0.29) is 12.0 Å². The molecule has 2 N–H and O–H groups in total. The first-order chi connectivity index (χ1) is 12.0. The molecule has 25 heavy (non-hydrogen) atoms. The predicted molar refractivity (Wildman–Crippen MR) is 101 cm³/mol. The molecule has 0 amide bonds. The van der Waals surface area contributed by atoms with E-state index in [1.807, 2.05) is 50.4 Å². The van der Waals surface area contributed by atoms with Gasteiger partial charge in [-0.25, -0.2) is 4.98 Å². The number of hydrogen-bond acceptors (Lipinski definition) is 5. The third-order valence-electron chi connectivity index (χ3n) is 4.25. The molecule has 0 aliphatic heterocycles. The molecule has 0 unspecified atom stereocenters. The molecule has 3 aromatic rings. The summed E-state index contributed by atoms with van der Waals surface area (Å²) in [7, 11) is 1.66. The Balaban J connectivity index is 2.09. The molecule has 2 heterocycles. The van der Waals surface area contributed by atoms with Crippen LogP contribution < -0.4 is 10.1 Å². The summed E-state index contributed by atoms with van der Waals surface area (Å²) >= 11 is 0. The summed E-state index contributed by atoms with van der Waals surface area (Å²) in [6, 6.07) is 9.91. The van der Waals surface area contributed by atoms with E-state index >= 15 is 0 Å². The van der Waals surface area contributed by atoms with Gasteiger partial charge in [-0.1, -0.05) is 13.8 Å². The summed E-state index contributed by atoms with van der Waals surface area (Å²) in [4.78, 5) is 8.71. The number of benzene rings is 1. The molecular weight excluding hydrogens is 314 g/mol. The van der Waals surface area contributed by atoms with Crippen LogP contribution in [0.5, 0.6) is 5.75 Å². The van der Waals surface area contributed by atoms with Gasteiger partial charge in [-0.15, -0.1) is 0 Å². The second kappa shape index (κ2) is 7.07. The molecular formula is C20H23N3O2. The van der Waals surface area contributed by atoms with Crippen LogP contribution in [-0.2, 0) is 0 Å². The largest absolute Gasteiger partial charge is 0.497 e. The van der Waals surface area contributed by atoms with E-state index in [0.717, 1.165) is 33.5 Å². The zero-order valence-corrected chi connectivity index (χ0v) is 14.8. The van der Waals surface area contributed by atoms with Gasteiger partial charge in [0.2, 0.25) is 0 Å². The van der Waals surface area contributed by atoms with Crippen LogP contribution >= 0.6 is 0 Å². The van der Waals surface area contributed by atoms with Crippen molar-refractivity contribution in [2.45, 2.75) is 13.8 Å². The van der Waals surface area contributed by atoms with Crippen LogP contribution in [0.3, 0.4) is 0 Å². The quantitative estimate of drug-likeness (QED) is 0.717. The van der Waals surface area contributed by atoms with Crippen LogP contribution in [0.1, 0.15) is 13.8 Å². The van der Waals surface area contributed by atoms with Gasteiger partial charge in [-0.2, -0.15) is 0 Å². The number of pyridine rings is 2. The molecule has 2 aromatic heterocycles. The van der Waals surface area contributed by atoms with Crippen molar-refractivity contribution in [3.63, 3.8) is 0 Å². The number of ether oxygens (including phenoxy) is 1. The van der Waals surface area contributed by atoms with E-state index in [9.17, 15) is 5.11 Å². The van der Waals surface area contributed by atoms with E-state index in [2.05, 4.69) is 15.3 Å². The standard InChI is InChI=1S/C20H23N3O2/c1-20(2,13-24)12-23-19-16-5-4-15(25-3)10-17(16)18(11-22-19)14-6-8-21-9-7-14/h4-11,24H,12-13H2,1-3H3,(H,22,23). The summed E-state index contributed by atoms with van der Waals surface area (Å²) in [6.07, 6.45) is 5.42. The predicted octanol–water partition coefficient (Wildman–Crippen LogP) is 3.74. The maximum absolute atomic E-state index is 9.46. The van der Waals surface area contributed by atoms with Crippen LogP contribution in [0, 0.1) is 5.41 Å². The maximum atomic E-state index is 9.46. The number of nitrogens with zero attached hydrogens (tertiary/aromatic N) is 2. The minimum Gasteiger partial charge on any atom is -0.497 e. The van der Waals surface area contributed by atoms with Gasteiger partial charge in [0, 0.05) is 48.1 Å². The summed E-state index contributed by atoms with van der Waals surface area (Å²) in [6.45, 7) is 4.76. The van der Waals surface area contributed by atoms with Gasteiger partial charge in [0.25, 0.3) is 0 Å². The highest BCUT2D eigenvalue weighted by molar-refractivity contribution is 6.02. The lowest BCUT2D eigenvalue weighted by molar-refractivity contribution is 0.171. The molecule has 3 rings (SSSR count). The Kier molecular flexibility index (Phi) is 4.86. The normalized spacial score (nSPS) is 11.5. The van der Waals surface area contributed by atoms with Crippen molar-refractivity contribution in [1.29, 1.82) is 0 Å². The van der Waals surface area contributed by atoms with Crippen LogP contribution in [-0.4, -0.2) is 35.3 Å². The number of hydrogen-bond donors (Lipinski definition) is 2. The molecule has 0 atom stereocenters. The summed E-state index contributed by atoms with van der Waals surface area (Å²) in [5.74, 6) is 1.60. The van der Waals surface area contributed by atoms with Crippen LogP contribution in [0.25, 0.3) is 21.9 Å². The van der Waals surface area contributed by atoms with E-state index in [1.165, 1.54) is 0 Å². The topological polar surface area (TPSA) is 67.3 Å². The van der Waals surface area contributed by atoms with Crippen molar-refractivity contribution >= 4 is 16.6 Å². The Morgan fingerprint density at radius 2 is 1.88 bits per heavy atom. The Bertz CT molecular complexity index is 863. The second-order valence-electron chi connectivity index (χ2n) is 6.84. The average Bonchev–Trinajstić information content (AvgIpc) is 2.66. The number of aliphatic hydroxyl groups excluding tert-OH is 1. The molecule has 5 heteroatoms. The minimum atomic E-state index is -0.218. The van der Waals surface area contributed by atoms with Crippen molar-refractivity contribution in [2.75, 3.05) is 25.6 Å². The number of anilines is 1. The Hall–Kier alpha value is -2.66. The third-order valence-corrected chi connectivity index (χ3v) is 4.25. The summed E-state index contributed by atoms with van der Waals surface area (Å²) in [5.41, 5.74) is 1.87. The molecule has 0 fully saturated rings. The van der Waals surface area contributed by atoms with Crippen molar-refractivity contribution < 1.29 is 9.84 Å². The molecule has 0 radical (unpaired) electrons. The first kappa shape index (κ1) is 17.2. The van der Waals surface area contributed by atoms with Gasteiger partial charge in [-0.05, 0) is 41.3 Å². The van der Waals surface area contributed by atoms with Crippen molar-refractivity contribution in [2.24, 2.45) is 5.41 Å². The summed E-state index contributed by atoms with van der Waals surface area (Å²) in [5, 5.41) is 14.9. The lowest BCUT2D eigenvalue weighted by atomic mass is 9.95. The highest BCUT2D eigenvalue weighted by Gasteiger charge is 2.17. The van der Waals surface area contributed by atoms with Gasteiger partial charge in [0.05, 0.1) is 7.11 Å². The SMILES string of the molecule is COc1ccc2c(NCC(C)(C)CO)ncc(-c3ccncc3)c2c1. The number of aliphatic hydroxyl groups is 1. The highest BCUT2D eigenvalue weighted by atomic mass is 16.5. The molecule has 1 aromatic carbocycles. The Labute approximate surface area is 147 Å². The average molecular weight is 337 g/mol. The van der Waals surface area contributed by atoms with Gasteiger partial charge in [0.15, 0.2) is 0 Å². The van der Waals surface area contributed by atoms with Crippen LogP contribution in [0.4, 0.5) is 5.82 Å². The monoisotopic (exact) mass is 337 g/mol. The summed E-state index contributed by atoms with van der Waals surface area (Å²) < 4.78 is 5.40. The van der Waals surface area contributed by atoms with Gasteiger partial charge in [0.1, 0.15) is 11.6 Å². The molecule has 0 bridgehead atoms. The highest BCUT2D eigenvalue weighted by Crippen LogP contribution is 2.34. The van der Waals surface area contributed by atoms with Crippen LogP contribution in [0.2, 0.25) is 0 Å². The van der Waals surface area contributed by atoms with E-state index in [4.69, 9.17) is 4.74 Å². The molecule has 0 saturated heterocycles. The van der Waals surface area contributed by atoms with Crippen molar-refractivity contribution in [1.82, 2.24) is 9.97 Å². The Morgan fingerprint density at radius 3 is 2.56 bits per heavy atom. The lowest BCUT2D eigenvalue weighted by Crippen LogP contribution is -2.27. The molecule has 0 aliphatic rings. The van der Waals surface area contributed by atoms with Gasteiger partial charge in [-0.3, -0.25) is 4.98 Å². The lowest BCUT2D eigenvalue weighted by Gasteiger charge is -2.23. The number of methoxy groups -OCH3 is 1. The minimum absolute atomic E-state index is 0.112. The second-order valence-corrected chi connectivity index (χ2v) is 6.84. The maximum Gasteiger partial charge on any atom is 0.133 e. The number of fused-ring (bicyclic) bond motifs is 1. The number of rotatable bonds is 6. The third kappa shape index (κ3) is 3.72. The first-order valence-corrected chi connectivity index (χ1v) is 8.26. The van der Waals surface area contributed by atoms with E-state index in [0.29, 0.717) is 6.54 Å². The van der Waals surface area contributed by atoms with E-state index in [1.54, 1.807) is 19.5 Å². The molecule has 0 saturated carbocycles. The smallest absolute Gasteiger partial charge is 0.133 e. The fourth-order valence-electron chi connectivity index (χ4n) is 2.63. The Morgan fingerprint density at radius 1 is 1.12 bits per heavy atom. The molecule has 0 spiro atoms. The van der Waals surface area contributed by atoms with Crippen molar-refractivity contribution in [3.8, 4) is 16.9 Å². The number of aromatic nitrogens is 2. The zero-order valence-electron chi connectivity index (χ0n) is 14.8. The van der Waals surface area contributed by atoms with E-state index < -0.39 is 0 Å². The van der Waals surface area contributed by atoms with Crippen molar-refractivity contribution in [3.05, 3.63) is 48.9 Å². The molecule has 0 aliphatic carbocycles.